The van der Waals surface area contributed by atoms with E-state index in [0.717, 1.165) is 17.0 Å². The van der Waals surface area contributed by atoms with Crippen molar-refractivity contribution in [2.45, 2.75) is 77.6 Å². The highest BCUT2D eigenvalue weighted by Crippen LogP contribution is 2.29. The van der Waals surface area contributed by atoms with Gasteiger partial charge in [-0.3, -0.25) is 14.4 Å². The standard InChI is InChI=1S/C32H44N4O5S/c1-20(2)16-25(28(37)32(5)19-41-32)34-30(39)27(18-22-10-8-7-9-11-22)35-29(38)26(17-21(3)4)36-31(42)33-23-12-14-24(40-6)15-13-23/h7-15,20-21,25-27H,16-19H2,1-6H3,(H,34,39)(H,35,38)(H2,33,36,42)/t25?,26?,27-,32+/m0/s1. The van der Waals surface area contributed by atoms with Crippen LogP contribution >= 0.6 is 12.2 Å². The highest BCUT2D eigenvalue weighted by Gasteiger charge is 2.50. The molecule has 0 aliphatic carbocycles. The number of nitrogens with one attached hydrogen (secondary N) is 4. The van der Waals surface area contributed by atoms with E-state index >= 15 is 0 Å². The zero-order valence-electron chi connectivity index (χ0n) is 25.4. The molecule has 2 unspecified atom stereocenters. The molecule has 2 amide bonds. The van der Waals surface area contributed by atoms with E-state index in [0.29, 0.717) is 19.4 Å². The number of rotatable bonds is 15. The van der Waals surface area contributed by atoms with Gasteiger partial charge in [-0.05, 0) is 73.6 Å². The van der Waals surface area contributed by atoms with E-state index in [4.69, 9.17) is 21.7 Å². The number of amides is 2. The molecule has 0 radical (unpaired) electrons. The zero-order valence-corrected chi connectivity index (χ0v) is 26.2. The maximum Gasteiger partial charge on any atom is 0.243 e. The highest BCUT2D eigenvalue weighted by molar-refractivity contribution is 7.80. The van der Waals surface area contributed by atoms with Gasteiger partial charge in [0.15, 0.2) is 10.9 Å². The number of methoxy groups -OCH3 is 1. The number of anilines is 1. The molecule has 1 aliphatic rings. The summed E-state index contributed by atoms with van der Waals surface area (Å²) in [5.41, 5.74) is 0.754. The Balaban J connectivity index is 1.76. The normalized spacial score (nSPS) is 18.0. The molecule has 0 bridgehead atoms. The van der Waals surface area contributed by atoms with Crippen molar-refractivity contribution in [2.75, 3.05) is 19.0 Å². The monoisotopic (exact) mass is 596 g/mol. The van der Waals surface area contributed by atoms with Crippen LogP contribution < -0.4 is 26.0 Å². The minimum absolute atomic E-state index is 0.149. The van der Waals surface area contributed by atoms with Crippen molar-refractivity contribution >= 4 is 40.6 Å². The number of Topliss-reactive ketones (excluding diaryl/α,β-unsaturated/α-hetero) is 1. The summed E-state index contributed by atoms with van der Waals surface area (Å²) in [5.74, 6) is 0.132. The second-order valence-corrected chi connectivity index (χ2v) is 12.2. The van der Waals surface area contributed by atoms with Crippen LogP contribution in [-0.2, 0) is 25.5 Å². The third kappa shape index (κ3) is 10.1. The van der Waals surface area contributed by atoms with E-state index in [1.54, 1.807) is 14.0 Å². The largest absolute Gasteiger partial charge is 0.497 e. The van der Waals surface area contributed by atoms with Crippen LogP contribution in [-0.4, -0.2) is 60.2 Å². The van der Waals surface area contributed by atoms with Crippen molar-refractivity contribution in [3.05, 3.63) is 60.2 Å². The Morgan fingerprint density at radius 3 is 1.95 bits per heavy atom. The van der Waals surface area contributed by atoms with Gasteiger partial charge in [0.2, 0.25) is 11.8 Å². The minimum atomic E-state index is -0.908. The van der Waals surface area contributed by atoms with E-state index in [1.807, 2.05) is 82.3 Å². The molecular formula is C32H44N4O5S. The first kappa shape index (κ1) is 33.0. The van der Waals surface area contributed by atoms with Crippen molar-refractivity contribution in [2.24, 2.45) is 11.8 Å². The summed E-state index contributed by atoms with van der Waals surface area (Å²) < 4.78 is 10.6. The van der Waals surface area contributed by atoms with E-state index in [-0.39, 0.29) is 35.1 Å². The highest BCUT2D eigenvalue weighted by atomic mass is 32.1. The SMILES string of the molecule is COc1ccc(NC(=S)NC(CC(C)C)C(=O)N[C@@H](Cc2ccccc2)C(=O)NC(CC(C)C)C(=O)[C@@]2(C)CO2)cc1. The Hall–Kier alpha value is -3.50. The smallest absolute Gasteiger partial charge is 0.243 e. The third-order valence-electron chi connectivity index (χ3n) is 7.03. The fourth-order valence-corrected chi connectivity index (χ4v) is 4.89. The molecule has 4 atom stereocenters. The van der Waals surface area contributed by atoms with Crippen LogP contribution in [0.4, 0.5) is 5.69 Å². The van der Waals surface area contributed by atoms with Gasteiger partial charge in [0, 0.05) is 12.1 Å². The quantitative estimate of drug-likeness (QED) is 0.180. The van der Waals surface area contributed by atoms with Crippen LogP contribution in [0.3, 0.4) is 0 Å². The number of ketones is 1. The molecule has 2 aromatic carbocycles. The van der Waals surface area contributed by atoms with Crippen LogP contribution in [0.15, 0.2) is 54.6 Å². The molecule has 1 aliphatic heterocycles. The van der Waals surface area contributed by atoms with Gasteiger partial charge in [0.1, 0.15) is 23.4 Å². The van der Waals surface area contributed by atoms with Crippen molar-refractivity contribution in [1.82, 2.24) is 16.0 Å². The summed E-state index contributed by atoms with van der Waals surface area (Å²) in [7, 11) is 1.60. The second kappa shape index (κ2) is 15.1. The fourth-order valence-electron chi connectivity index (χ4n) is 4.63. The maximum atomic E-state index is 13.7. The lowest BCUT2D eigenvalue weighted by atomic mass is 9.93. The van der Waals surface area contributed by atoms with Crippen LogP contribution in [0, 0.1) is 11.8 Å². The Morgan fingerprint density at radius 2 is 1.40 bits per heavy atom. The Morgan fingerprint density at radius 1 is 0.857 bits per heavy atom. The molecule has 0 saturated carbocycles. The van der Waals surface area contributed by atoms with E-state index < -0.39 is 29.6 Å². The average molecular weight is 597 g/mol. The van der Waals surface area contributed by atoms with Crippen molar-refractivity contribution < 1.29 is 23.9 Å². The van der Waals surface area contributed by atoms with E-state index in [9.17, 15) is 14.4 Å². The summed E-state index contributed by atoms with van der Waals surface area (Å²) in [5, 5.41) is 12.4. The average Bonchev–Trinajstić information content (AvgIpc) is 3.70. The van der Waals surface area contributed by atoms with Gasteiger partial charge in [0.05, 0.1) is 19.8 Å². The summed E-state index contributed by atoms with van der Waals surface area (Å²) in [6, 6.07) is 14.4. The summed E-state index contributed by atoms with van der Waals surface area (Å²) in [6.45, 7) is 10.1. The molecular weight excluding hydrogens is 552 g/mol. The molecule has 42 heavy (non-hydrogen) atoms. The minimum Gasteiger partial charge on any atom is -0.497 e. The molecule has 0 spiro atoms. The molecule has 4 N–H and O–H groups in total. The first-order valence-corrected chi connectivity index (χ1v) is 14.9. The second-order valence-electron chi connectivity index (χ2n) is 11.8. The number of hydrogen-bond donors (Lipinski definition) is 4. The summed E-state index contributed by atoms with van der Waals surface area (Å²) >= 11 is 5.52. The lowest BCUT2D eigenvalue weighted by molar-refractivity contribution is -0.133. The molecule has 3 rings (SSSR count). The van der Waals surface area contributed by atoms with E-state index in [1.165, 1.54) is 0 Å². The molecule has 1 heterocycles. The maximum absolute atomic E-state index is 13.7. The Kier molecular flexibility index (Phi) is 11.9. The number of thiocarbonyl (C=S) groups is 1. The topological polar surface area (TPSA) is 121 Å². The van der Waals surface area contributed by atoms with Crippen LogP contribution in [0.5, 0.6) is 5.75 Å². The van der Waals surface area contributed by atoms with Gasteiger partial charge in [-0.25, -0.2) is 0 Å². The summed E-state index contributed by atoms with van der Waals surface area (Å²) in [4.78, 5) is 40.5. The van der Waals surface area contributed by atoms with Crippen molar-refractivity contribution in [3.63, 3.8) is 0 Å². The number of ether oxygens (including phenoxy) is 2. The van der Waals surface area contributed by atoms with Gasteiger partial charge in [-0.2, -0.15) is 0 Å². The van der Waals surface area contributed by atoms with Gasteiger partial charge >= 0.3 is 0 Å². The number of epoxide rings is 1. The predicted octanol–water partition coefficient (Wildman–Crippen LogP) is 4.01. The zero-order chi connectivity index (χ0) is 30.9. The predicted molar refractivity (Wildman–Crippen MR) is 168 cm³/mol. The van der Waals surface area contributed by atoms with Crippen LogP contribution in [0.25, 0.3) is 0 Å². The molecule has 10 heteroatoms. The van der Waals surface area contributed by atoms with Crippen LogP contribution in [0.2, 0.25) is 0 Å². The molecule has 0 aromatic heterocycles. The molecule has 1 fully saturated rings. The van der Waals surface area contributed by atoms with Gasteiger partial charge in [0.25, 0.3) is 0 Å². The first-order chi connectivity index (χ1) is 19.9. The Labute approximate surface area is 254 Å². The number of benzene rings is 2. The Bertz CT molecular complexity index is 1220. The lowest BCUT2D eigenvalue weighted by Gasteiger charge is -2.27. The van der Waals surface area contributed by atoms with E-state index in [2.05, 4.69) is 21.3 Å². The third-order valence-corrected chi connectivity index (χ3v) is 7.25. The van der Waals surface area contributed by atoms with Gasteiger partial charge < -0.3 is 30.7 Å². The van der Waals surface area contributed by atoms with Crippen molar-refractivity contribution in [3.8, 4) is 5.75 Å². The first-order valence-electron chi connectivity index (χ1n) is 14.4. The fraction of sp³-hybridized carbons (Fsp3) is 0.500. The van der Waals surface area contributed by atoms with Gasteiger partial charge in [-0.1, -0.05) is 58.0 Å². The van der Waals surface area contributed by atoms with Crippen LogP contribution in [0.1, 0.15) is 53.0 Å². The van der Waals surface area contributed by atoms with Gasteiger partial charge in [-0.15, -0.1) is 0 Å². The number of hydrogen-bond acceptors (Lipinski definition) is 6. The number of carbonyl (C=O) groups is 3. The molecule has 2 aromatic rings. The number of carbonyl (C=O) groups excluding carboxylic acids is 3. The molecule has 228 valence electrons. The van der Waals surface area contributed by atoms with Crippen molar-refractivity contribution in [1.29, 1.82) is 0 Å². The molecule has 1 saturated heterocycles. The summed E-state index contributed by atoms with van der Waals surface area (Å²) in [6.07, 6.45) is 1.22. The lowest BCUT2D eigenvalue weighted by Crippen LogP contribution is -2.57. The molecule has 9 nitrogen and oxygen atoms in total.